The van der Waals surface area contributed by atoms with Crippen molar-refractivity contribution in [2.24, 2.45) is 5.92 Å². The van der Waals surface area contributed by atoms with Gasteiger partial charge in [0.25, 0.3) is 5.91 Å². The molecule has 7 heteroatoms. The molecule has 31 heavy (non-hydrogen) atoms. The third-order valence-corrected chi connectivity index (χ3v) is 5.92. The Morgan fingerprint density at radius 3 is 2.65 bits per heavy atom. The van der Waals surface area contributed by atoms with Crippen LogP contribution in [0.2, 0.25) is 5.02 Å². The van der Waals surface area contributed by atoms with E-state index in [-0.39, 0.29) is 22.8 Å². The SMILES string of the molecule is COc1ccc(C(=O)N2CCC[C@@H](C(=O)Nc3ccc(F)cc3Cl)C2)c2ccccc12. The standard InChI is InChI=1S/C24H22ClFN2O3/c1-31-22-11-9-19(17-6-2-3-7-18(17)22)24(30)28-12-4-5-15(14-28)23(29)27-21-10-8-16(26)13-20(21)25/h2-3,6-11,13,15H,4-5,12,14H2,1H3,(H,27,29)/t15-/m1/s1. The lowest BCUT2D eigenvalue weighted by Gasteiger charge is -2.32. The molecule has 160 valence electrons. The van der Waals surface area contributed by atoms with Crippen LogP contribution < -0.4 is 10.1 Å². The molecule has 0 radical (unpaired) electrons. The summed E-state index contributed by atoms with van der Waals surface area (Å²) < 4.78 is 18.7. The number of halogens is 2. The van der Waals surface area contributed by atoms with Gasteiger partial charge in [0.05, 0.1) is 23.7 Å². The Morgan fingerprint density at radius 1 is 1.13 bits per heavy atom. The van der Waals surface area contributed by atoms with Crippen LogP contribution in [0.4, 0.5) is 10.1 Å². The van der Waals surface area contributed by atoms with Crippen LogP contribution in [0.1, 0.15) is 23.2 Å². The number of fused-ring (bicyclic) bond motifs is 1. The van der Waals surface area contributed by atoms with Crippen LogP contribution in [-0.4, -0.2) is 36.9 Å². The Hall–Kier alpha value is -3.12. The Bertz CT molecular complexity index is 1150. The van der Waals surface area contributed by atoms with Gasteiger partial charge in [0.1, 0.15) is 11.6 Å². The van der Waals surface area contributed by atoms with Crippen molar-refractivity contribution in [3.05, 3.63) is 71.0 Å². The summed E-state index contributed by atoms with van der Waals surface area (Å²) in [6.45, 7) is 0.893. The number of amides is 2. The molecule has 1 fully saturated rings. The third-order valence-electron chi connectivity index (χ3n) is 5.60. The summed E-state index contributed by atoms with van der Waals surface area (Å²) in [5, 5.41) is 4.58. The number of hydrogen-bond acceptors (Lipinski definition) is 3. The minimum absolute atomic E-state index is 0.115. The maximum absolute atomic E-state index is 13.3. The van der Waals surface area contributed by atoms with Gasteiger partial charge in [0.2, 0.25) is 5.91 Å². The van der Waals surface area contributed by atoms with Crippen LogP contribution in [0.5, 0.6) is 5.75 Å². The number of likely N-dealkylation sites (tertiary alicyclic amines) is 1. The summed E-state index contributed by atoms with van der Waals surface area (Å²) in [6, 6.07) is 15.0. The smallest absolute Gasteiger partial charge is 0.254 e. The lowest BCUT2D eigenvalue weighted by molar-refractivity contribution is -0.121. The molecule has 1 N–H and O–H groups in total. The average Bonchev–Trinajstić information content (AvgIpc) is 2.79. The molecule has 3 aromatic carbocycles. The second kappa shape index (κ2) is 8.94. The van der Waals surface area contributed by atoms with Gasteiger partial charge in [0, 0.05) is 24.0 Å². The van der Waals surface area contributed by atoms with E-state index < -0.39 is 5.82 Å². The van der Waals surface area contributed by atoms with E-state index in [1.54, 1.807) is 24.1 Å². The Morgan fingerprint density at radius 2 is 1.90 bits per heavy atom. The summed E-state index contributed by atoms with van der Waals surface area (Å²) in [5.41, 5.74) is 0.941. The molecule has 0 unspecified atom stereocenters. The highest BCUT2D eigenvalue weighted by Gasteiger charge is 2.30. The van der Waals surface area contributed by atoms with Gasteiger partial charge in [-0.3, -0.25) is 9.59 Å². The van der Waals surface area contributed by atoms with E-state index in [1.165, 1.54) is 12.1 Å². The van der Waals surface area contributed by atoms with Crippen molar-refractivity contribution < 1.29 is 18.7 Å². The highest BCUT2D eigenvalue weighted by atomic mass is 35.5. The number of benzene rings is 3. The van der Waals surface area contributed by atoms with Gasteiger partial charge in [0.15, 0.2) is 0 Å². The maximum Gasteiger partial charge on any atom is 0.254 e. The fourth-order valence-corrected chi connectivity index (χ4v) is 4.22. The van der Waals surface area contributed by atoms with E-state index in [0.717, 1.165) is 23.3 Å². The first-order valence-corrected chi connectivity index (χ1v) is 10.5. The highest BCUT2D eigenvalue weighted by molar-refractivity contribution is 6.33. The molecule has 1 heterocycles. The number of carbonyl (C=O) groups excluding carboxylic acids is 2. The van der Waals surface area contributed by atoms with Gasteiger partial charge in [-0.05, 0) is 48.6 Å². The quantitative estimate of drug-likeness (QED) is 0.611. The van der Waals surface area contributed by atoms with Crippen LogP contribution in [0.25, 0.3) is 10.8 Å². The van der Waals surface area contributed by atoms with Gasteiger partial charge < -0.3 is 15.0 Å². The molecule has 4 rings (SSSR count). The molecule has 1 aliphatic rings. The van der Waals surface area contributed by atoms with Gasteiger partial charge >= 0.3 is 0 Å². The third kappa shape index (κ3) is 4.35. The second-order valence-electron chi connectivity index (χ2n) is 7.56. The first-order valence-electron chi connectivity index (χ1n) is 10.1. The van der Waals surface area contributed by atoms with Crippen LogP contribution >= 0.6 is 11.6 Å². The van der Waals surface area contributed by atoms with Crippen LogP contribution in [0.3, 0.4) is 0 Å². The first kappa shape index (κ1) is 21.1. The second-order valence-corrected chi connectivity index (χ2v) is 7.97. The van der Waals surface area contributed by atoms with Gasteiger partial charge in [-0.1, -0.05) is 35.9 Å². The van der Waals surface area contributed by atoms with Crippen molar-refractivity contribution in [3.63, 3.8) is 0 Å². The Labute approximate surface area is 184 Å². The van der Waals surface area contributed by atoms with Crippen molar-refractivity contribution in [3.8, 4) is 5.75 Å². The molecular weight excluding hydrogens is 419 g/mol. The number of methoxy groups -OCH3 is 1. The van der Waals surface area contributed by atoms with Gasteiger partial charge in [-0.25, -0.2) is 4.39 Å². The minimum Gasteiger partial charge on any atom is -0.496 e. The van der Waals surface area contributed by atoms with Crippen molar-refractivity contribution in [2.75, 3.05) is 25.5 Å². The molecule has 2 amide bonds. The molecule has 1 aliphatic heterocycles. The number of nitrogens with zero attached hydrogens (tertiary/aromatic N) is 1. The van der Waals surface area contributed by atoms with E-state index >= 15 is 0 Å². The molecular formula is C24H22ClFN2O3. The summed E-state index contributed by atoms with van der Waals surface area (Å²) >= 11 is 6.02. The number of piperidine rings is 1. The molecule has 0 aliphatic carbocycles. The Kier molecular flexibility index (Phi) is 6.09. The van der Waals surface area contributed by atoms with Gasteiger partial charge in [-0.2, -0.15) is 0 Å². The van der Waals surface area contributed by atoms with Crippen molar-refractivity contribution in [1.29, 1.82) is 0 Å². The monoisotopic (exact) mass is 440 g/mol. The largest absolute Gasteiger partial charge is 0.496 e. The van der Waals surface area contributed by atoms with E-state index in [9.17, 15) is 14.0 Å². The van der Waals surface area contributed by atoms with Crippen molar-refractivity contribution in [2.45, 2.75) is 12.8 Å². The molecule has 1 atom stereocenters. The molecule has 0 spiro atoms. The van der Waals surface area contributed by atoms with E-state index in [4.69, 9.17) is 16.3 Å². The Balaban J connectivity index is 1.53. The van der Waals surface area contributed by atoms with Crippen molar-refractivity contribution >= 4 is 39.9 Å². The predicted octanol–water partition coefficient (Wildman–Crippen LogP) is 5.13. The molecule has 5 nitrogen and oxygen atoms in total. The molecule has 0 saturated carbocycles. The molecule has 1 saturated heterocycles. The number of ether oxygens (including phenoxy) is 1. The first-order chi connectivity index (χ1) is 15.0. The van der Waals surface area contributed by atoms with E-state index in [0.29, 0.717) is 36.5 Å². The summed E-state index contributed by atoms with van der Waals surface area (Å²) in [6.07, 6.45) is 1.38. The molecule has 3 aromatic rings. The zero-order chi connectivity index (χ0) is 22.0. The van der Waals surface area contributed by atoms with Crippen LogP contribution in [0.15, 0.2) is 54.6 Å². The normalized spacial score (nSPS) is 16.2. The number of rotatable bonds is 4. The molecule has 0 bridgehead atoms. The molecule has 0 aromatic heterocycles. The highest BCUT2D eigenvalue weighted by Crippen LogP contribution is 2.30. The zero-order valence-corrected chi connectivity index (χ0v) is 17.8. The number of anilines is 1. The zero-order valence-electron chi connectivity index (χ0n) is 17.0. The number of carbonyl (C=O) groups is 2. The number of nitrogens with one attached hydrogen (secondary N) is 1. The van der Waals surface area contributed by atoms with E-state index in [2.05, 4.69) is 5.32 Å². The van der Waals surface area contributed by atoms with Gasteiger partial charge in [-0.15, -0.1) is 0 Å². The van der Waals surface area contributed by atoms with Crippen LogP contribution in [-0.2, 0) is 4.79 Å². The lowest BCUT2D eigenvalue weighted by atomic mass is 9.95. The van der Waals surface area contributed by atoms with Crippen molar-refractivity contribution in [1.82, 2.24) is 4.90 Å². The summed E-state index contributed by atoms with van der Waals surface area (Å²) in [4.78, 5) is 27.8. The van der Waals surface area contributed by atoms with Crippen LogP contribution in [0, 0.1) is 11.7 Å². The fourth-order valence-electron chi connectivity index (χ4n) is 4.01. The lowest BCUT2D eigenvalue weighted by Crippen LogP contribution is -2.43. The number of hydrogen-bond donors (Lipinski definition) is 1. The summed E-state index contributed by atoms with van der Waals surface area (Å²) in [7, 11) is 1.60. The average molecular weight is 441 g/mol. The van der Waals surface area contributed by atoms with E-state index in [1.807, 2.05) is 24.3 Å². The fraction of sp³-hybridized carbons (Fsp3) is 0.250. The maximum atomic E-state index is 13.3. The minimum atomic E-state index is -0.468. The topological polar surface area (TPSA) is 58.6 Å². The summed E-state index contributed by atoms with van der Waals surface area (Å²) in [5.74, 6) is -0.478. The predicted molar refractivity (Wildman–Crippen MR) is 119 cm³/mol.